The molecule has 8 heteroatoms. The summed E-state index contributed by atoms with van der Waals surface area (Å²) in [6.45, 7) is 1.58. The monoisotopic (exact) mass is 416 g/mol. The van der Waals surface area contributed by atoms with Crippen molar-refractivity contribution in [2.24, 2.45) is 0 Å². The second-order valence-electron chi connectivity index (χ2n) is 5.89. The van der Waals surface area contributed by atoms with Crippen LogP contribution in [-0.2, 0) is 4.79 Å². The molecule has 0 saturated carbocycles. The van der Waals surface area contributed by atoms with Gasteiger partial charge in [0.15, 0.2) is 0 Å². The first-order valence-electron chi connectivity index (χ1n) is 8.13. The van der Waals surface area contributed by atoms with E-state index in [1.165, 1.54) is 24.3 Å². The average molecular weight is 417 g/mol. The van der Waals surface area contributed by atoms with Gasteiger partial charge < -0.3 is 9.73 Å². The van der Waals surface area contributed by atoms with Crippen LogP contribution >= 0.6 is 23.2 Å². The third-order valence-corrected chi connectivity index (χ3v) is 4.37. The van der Waals surface area contributed by atoms with Crippen LogP contribution in [0.25, 0.3) is 17.4 Å². The van der Waals surface area contributed by atoms with E-state index in [0.29, 0.717) is 38.4 Å². The van der Waals surface area contributed by atoms with E-state index >= 15 is 0 Å². The van der Waals surface area contributed by atoms with Crippen LogP contribution in [0.2, 0.25) is 10.0 Å². The van der Waals surface area contributed by atoms with Gasteiger partial charge in [0.2, 0.25) is 5.91 Å². The molecule has 0 spiro atoms. The second-order valence-corrected chi connectivity index (χ2v) is 6.76. The van der Waals surface area contributed by atoms with E-state index in [0.717, 1.165) is 0 Å². The molecule has 0 radical (unpaired) electrons. The molecular formula is C20H14Cl2N2O4. The first-order chi connectivity index (χ1) is 13.3. The average Bonchev–Trinajstić information content (AvgIpc) is 3.10. The molecule has 3 aromatic rings. The Kier molecular flexibility index (Phi) is 5.82. The number of anilines is 1. The minimum Gasteiger partial charge on any atom is -0.457 e. The molecule has 1 aromatic heterocycles. The first-order valence-corrected chi connectivity index (χ1v) is 8.88. The lowest BCUT2D eigenvalue weighted by atomic mass is 10.1. The van der Waals surface area contributed by atoms with Gasteiger partial charge in [0, 0.05) is 27.8 Å². The Balaban J connectivity index is 1.73. The number of halogens is 2. The number of nitrogens with zero attached hydrogens (tertiary/aromatic N) is 1. The van der Waals surface area contributed by atoms with Crippen molar-refractivity contribution in [2.45, 2.75) is 6.92 Å². The van der Waals surface area contributed by atoms with Crippen molar-refractivity contribution < 1.29 is 14.1 Å². The summed E-state index contributed by atoms with van der Waals surface area (Å²) in [4.78, 5) is 22.6. The van der Waals surface area contributed by atoms with E-state index in [9.17, 15) is 14.9 Å². The molecule has 0 unspecified atom stereocenters. The number of hydrogen-bond donors (Lipinski definition) is 1. The van der Waals surface area contributed by atoms with Gasteiger partial charge in [-0.1, -0.05) is 29.3 Å². The van der Waals surface area contributed by atoms with E-state index < -0.39 is 10.8 Å². The Hall–Kier alpha value is -3.09. The minimum atomic E-state index is -0.493. The predicted octanol–water partition coefficient (Wildman–Crippen LogP) is 6.12. The van der Waals surface area contributed by atoms with E-state index in [1.807, 2.05) is 0 Å². The van der Waals surface area contributed by atoms with E-state index in [4.69, 9.17) is 27.6 Å². The number of amides is 1. The van der Waals surface area contributed by atoms with E-state index in [-0.39, 0.29) is 5.69 Å². The lowest BCUT2D eigenvalue weighted by molar-refractivity contribution is -0.385. The van der Waals surface area contributed by atoms with Crippen LogP contribution in [0.1, 0.15) is 11.3 Å². The number of rotatable bonds is 5. The molecule has 0 bridgehead atoms. The molecule has 0 atom stereocenters. The van der Waals surface area contributed by atoms with Crippen molar-refractivity contribution in [3.8, 4) is 11.3 Å². The molecule has 0 aliphatic carbocycles. The standard InChI is InChI=1S/C20H14Cl2N2O4/c1-12-17(3-2-4-18(12)24(26)27)23-20(25)8-6-16-5-7-19(28-16)13-9-14(21)11-15(22)10-13/h2-11H,1H3,(H,23,25)/b8-6+. The van der Waals surface area contributed by atoms with E-state index in [2.05, 4.69) is 5.32 Å². The maximum absolute atomic E-state index is 12.1. The largest absolute Gasteiger partial charge is 0.457 e. The van der Waals surface area contributed by atoms with Crippen molar-refractivity contribution in [1.29, 1.82) is 0 Å². The predicted molar refractivity (Wildman–Crippen MR) is 110 cm³/mol. The van der Waals surface area contributed by atoms with E-state index in [1.54, 1.807) is 43.3 Å². The summed E-state index contributed by atoms with van der Waals surface area (Å²) in [6, 6.07) is 13.0. The highest BCUT2D eigenvalue weighted by Gasteiger charge is 2.14. The van der Waals surface area contributed by atoms with Gasteiger partial charge in [-0.3, -0.25) is 14.9 Å². The lowest BCUT2D eigenvalue weighted by Gasteiger charge is -2.06. The summed E-state index contributed by atoms with van der Waals surface area (Å²) in [5.74, 6) is 0.573. The van der Waals surface area contributed by atoms with Crippen LogP contribution < -0.4 is 5.32 Å². The number of carbonyl (C=O) groups is 1. The van der Waals surface area contributed by atoms with Crippen LogP contribution in [0.3, 0.4) is 0 Å². The summed E-state index contributed by atoms with van der Waals surface area (Å²) < 4.78 is 5.68. The molecule has 0 aliphatic heterocycles. The van der Waals surface area contributed by atoms with Crippen LogP contribution in [0.4, 0.5) is 11.4 Å². The molecule has 1 amide bonds. The van der Waals surface area contributed by atoms with Crippen LogP contribution in [0.5, 0.6) is 0 Å². The molecule has 2 aromatic carbocycles. The number of carbonyl (C=O) groups excluding carboxylic acids is 1. The quantitative estimate of drug-likeness (QED) is 0.308. The minimum absolute atomic E-state index is 0.0577. The SMILES string of the molecule is Cc1c(NC(=O)/C=C/c2ccc(-c3cc(Cl)cc(Cl)c3)o2)cccc1[N+](=O)[O-]. The van der Waals surface area contributed by atoms with Gasteiger partial charge in [-0.05, 0) is 49.4 Å². The number of furan rings is 1. The maximum atomic E-state index is 12.1. The zero-order valence-corrected chi connectivity index (χ0v) is 16.1. The molecule has 3 rings (SSSR count). The Bertz CT molecular complexity index is 1070. The molecule has 0 aliphatic rings. The van der Waals surface area contributed by atoms with Crippen molar-refractivity contribution in [3.63, 3.8) is 0 Å². The molecule has 6 nitrogen and oxygen atoms in total. The highest BCUT2D eigenvalue weighted by molar-refractivity contribution is 6.35. The summed E-state index contributed by atoms with van der Waals surface area (Å²) in [6.07, 6.45) is 2.78. The molecule has 142 valence electrons. The fraction of sp³-hybridized carbons (Fsp3) is 0.0500. The fourth-order valence-corrected chi connectivity index (χ4v) is 3.11. The van der Waals surface area contributed by atoms with Gasteiger partial charge in [-0.15, -0.1) is 0 Å². The third-order valence-electron chi connectivity index (χ3n) is 3.93. The van der Waals surface area contributed by atoms with Gasteiger partial charge in [-0.2, -0.15) is 0 Å². The number of hydrogen-bond acceptors (Lipinski definition) is 4. The second kappa shape index (κ2) is 8.29. The van der Waals surface area contributed by atoms with Gasteiger partial charge in [0.1, 0.15) is 11.5 Å². The first kappa shape index (κ1) is 19.7. The zero-order chi connectivity index (χ0) is 20.3. The summed E-state index contributed by atoms with van der Waals surface area (Å²) in [5, 5.41) is 14.6. The molecule has 1 heterocycles. The zero-order valence-electron chi connectivity index (χ0n) is 14.6. The Labute approximate surface area is 170 Å². The normalized spacial score (nSPS) is 11.0. The van der Waals surface area contributed by atoms with Crippen molar-refractivity contribution >= 4 is 46.6 Å². The summed E-state index contributed by atoms with van der Waals surface area (Å²) in [5.41, 5.74) is 1.41. The van der Waals surface area contributed by atoms with Crippen LogP contribution in [-0.4, -0.2) is 10.8 Å². The molecule has 1 N–H and O–H groups in total. The molecule has 0 saturated heterocycles. The fourth-order valence-electron chi connectivity index (χ4n) is 2.58. The van der Waals surface area contributed by atoms with Gasteiger partial charge >= 0.3 is 0 Å². The van der Waals surface area contributed by atoms with Crippen molar-refractivity contribution in [3.05, 3.63) is 86.1 Å². The molecule has 0 fully saturated rings. The topological polar surface area (TPSA) is 85.4 Å². The third kappa shape index (κ3) is 4.60. The van der Waals surface area contributed by atoms with Crippen LogP contribution in [0.15, 0.2) is 59.0 Å². The smallest absolute Gasteiger partial charge is 0.274 e. The Morgan fingerprint density at radius 1 is 1.14 bits per heavy atom. The van der Waals surface area contributed by atoms with Gasteiger partial charge in [0.25, 0.3) is 5.69 Å². The summed E-state index contributed by atoms with van der Waals surface area (Å²) in [7, 11) is 0. The number of nitro groups is 1. The number of benzene rings is 2. The van der Waals surface area contributed by atoms with Crippen LogP contribution in [0, 0.1) is 17.0 Å². The lowest BCUT2D eigenvalue weighted by Crippen LogP contribution is -2.09. The van der Waals surface area contributed by atoms with Crippen molar-refractivity contribution in [1.82, 2.24) is 0 Å². The molecule has 28 heavy (non-hydrogen) atoms. The number of nitro benzene ring substituents is 1. The maximum Gasteiger partial charge on any atom is 0.274 e. The Morgan fingerprint density at radius 2 is 1.86 bits per heavy atom. The Morgan fingerprint density at radius 3 is 2.54 bits per heavy atom. The molecular weight excluding hydrogens is 403 g/mol. The number of nitrogens with one attached hydrogen (secondary N) is 1. The highest BCUT2D eigenvalue weighted by Crippen LogP contribution is 2.29. The van der Waals surface area contributed by atoms with Gasteiger partial charge in [-0.25, -0.2) is 0 Å². The van der Waals surface area contributed by atoms with Gasteiger partial charge in [0.05, 0.1) is 16.2 Å². The summed E-state index contributed by atoms with van der Waals surface area (Å²) >= 11 is 12.0. The van der Waals surface area contributed by atoms with Crippen molar-refractivity contribution in [2.75, 3.05) is 5.32 Å². The highest BCUT2D eigenvalue weighted by atomic mass is 35.5.